The van der Waals surface area contributed by atoms with Crippen molar-refractivity contribution in [3.63, 3.8) is 0 Å². The highest BCUT2D eigenvalue weighted by Crippen LogP contribution is 2.34. The summed E-state index contributed by atoms with van der Waals surface area (Å²) >= 11 is 0. The minimum atomic E-state index is -1.61. The van der Waals surface area contributed by atoms with E-state index < -0.39 is 61.0 Å². The van der Waals surface area contributed by atoms with E-state index in [9.17, 15) is 20.5 Å². The zero-order valence-electron chi connectivity index (χ0n) is 24.7. The van der Waals surface area contributed by atoms with Gasteiger partial charge < -0.3 is 24.4 Å². The van der Waals surface area contributed by atoms with Gasteiger partial charge in [0.05, 0.1) is 42.5 Å². The molecule has 1 aliphatic carbocycles. The van der Waals surface area contributed by atoms with Crippen molar-refractivity contribution in [2.75, 3.05) is 0 Å². The molecule has 2 N–H and O–H groups in total. The number of amides is 1. The second-order valence-electron chi connectivity index (χ2n) is 10.9. The number of aliphatic hydroxyl groups excluding tert-OH is 2. The molecule has 2 fully saturated rings. The number of hydrogen-bond donors (Lipinski definition) is 2. The predicted octanol–water partition coefficient (Wildman–Crippen LogP) is 5.66. The lowest BCUT2D eigenvalue weighted by Crippen LogP contribution is -2.59. The molecule has 45 heavy (non-hydrogen) atoms. The first-order valence-corrected chi connectivity index (χ1v) is 14.7. The van der Waals surface area contributed by atoms with Crippen molar-refractivity contribution in [2.24, 2.45) is 15.3 Å². The molecule has 1 saturated carbocycles. The van der Waals surface area contributed by atoms with E-state index in [1.807, 2.05) is 67.6 Å². The minimum absolute atomic E-state index is 0.0805. The van der Waals surface area contributed by atoms with Crippen LogP contribution in [0, 0.1) is 0 Å². The van der Waals surface area contributed by atoms with Gasteiger partial charge in [-0.3, -0.25) is 4.90 Å². The first kappa shape index (κ1) is 33.4. The second kappa shape index (κ2) is 16.5. The van der Waals surface area contributed by atoms with Gasteiger partial charge in [0.25, 0.3) is 0 Å². The molecule has 1 amide bonds. The Morgan fingerprint density at radius 3 is 2.13 bits per heavy atom. The maximum Gasteiger partial charge on any atom is 0.410 e. The Balaban J connectivity index is 1.58. The predicted molar refractivity (Wildman–Crippen MR) is 161 cm³/mol. The molecule has 1 saturated heterocycles. The molecule has 0 aromatic heterocycles. The highest BCUT2D eigenvalue weighted by Gasteiger charge is 2.47. The van der Waals surface area contributed by atoms with Gasteiger partial charge in [0, 0.05) is 21.3 Å². The van der Waals surface area contributed by atoms with Crippen LogP contribution >= 0.6 is 0 Å². The molecule has 2 aliphatic rings. The molecule has 0 bridgehead atoms. The summed E-state index contributed by atoms with van der Waals surface area (Å²) < 4.78 is 18.2. The zero-order valence-corrected chi connectivity index (χ0v) is 24.7. The molecular weight excluding hydrogens is 584 g/mol. The first-order valence-electron chi connectivity index (χ1n) is 14.7. The Bertz CT molecular complexity index is 1400. The van der Waals surface area contributed by atoms with Crippen molar-refractivity contribution in [2.45, 2.75) is 101 Å². The van der Waals surface area contributed by atoms with Gasteiger partial charge in [-0.15, -0.1) is 0 Å². The molecule has 238 valence electrons. The van der Waals surface area contributed by atoms with E-state index in [1.54, 1.807) is 4.90 Å². The lowest BCUT2D eigenvalue weighted by Gasteiger charge is -2.45. The third kappa shape index (κ3) is 8.56. The molecule has 2 aromatic rings. The molecule has 0 radical (unpaired) electrons. The SMILES string of the molecule is CC[C@H]([C@@H]1CC[C@H](N=[N+]=[N-])[C@@H](O[C@H]2[C@H](O)[C@@H](O)[C@H](N=[N+]=[N-])C[C@@H]2N=[N+]=[N-])O1)N(Cc1ccccc1)C(=O)OCc1ccccc1. The topological polar surface area (TPSA) is 235 Å². The summed E-state index contributed by atoms with van der Waals surface area (Å²) in [5.74, 6) is 0. The number of rotatable bonds is 12. The fourth-order valence-corrected chi connectivity index (χ4v) is 5.83. The van der Waals surface area contributed by atoms with Crippen LogP contribution < -0.4 is 0 Å². The fraction of sp³-hybridized carbons (Fsp3) is 0.552. The Morgan fingerprint density at radius 2 is 1.51 bits per heavy atom. The number of hydrogen-bond acceptors (Lipinski definition) is 9. The van der Waals surface area contributed by atoms with Crippen molar-refractivity contribution >= 4 is 6.09 Å². The van der Waals surface area contributed by atoms with Gasteiger partial charge in [0.15, 0.2) is 6.29 Å². The molecule has 0 unspecified atom stereocenters. The van der Waals surface area contributed by atoms with E-state index in [-0.39, 0.29) is 19.6 Å². The first-order chi connectivity index (χ1) is 21.9. The maximum atomic E-state index is 13.6. The molecule has 9 atom stereocenters. The third-order valence-electron chi connectivity index (χ3n) is 8.09. The van der Waals surface area contributed by atoms with E-state index in [4.69, 9.17) is 25.3 Å². The lowest BCUT2D eigenvalue weighted by molar-refractivity contribution is -0.260. The molecule has 1 aliphatic heterocycles. The standard InChI is InChI=1S/C29H36N10O6/c1-2-23(39(16-18-9-5-3-6-10-18)29(42)43-17-19-11-7-4-8-12-19)24-14-13-20(33-36-30)28(44-24)45-27-22(35-38-32)15-21(34-37-31)25(40)26(27)41/h3-12,20-28,40-41H,2,13-17H2,1H3/t20-,21+,22-,23+,24-,25-,26+,27+,28+/m0/s1. The van der Waals surface area contributed by atoms with Crippen LogP contribution in [0.5, 0.6) is 0 Å². The van der Waals surface area contributed by atoms with Crippen LogP contribution in [0.4, 0.5) is 4.79 Å². The van der Waals surface area contributed by atoms with E-state index in [2.05, 4.69) is 30.1 Å². The van der Waals surface area contributed by atoms with Crippen LogP contribution in [0.25, 0.3) is 31.3 Å². The molecule has 16 heteroatoms. The van der Waals surface area contributed by atoms with Crippen LogP contribution in [0.2, 0.25) is 0 Å². The highest BCUT2D eigenvalue weighted by atomic mass is 16.7. The van der Waals surface area contributed by atoms with E-state index in [1.165, 1.54) is 0 Å². The second-order valence-corrected chi connectivity index (χ2v) is 10.9. The van der Waals surface area contributed by atoms with Crippen molar-refractivity contribution in [3.8, 4) is 0 Å². The number of aliphatic hydroxyl groups is 2. The van der Waals surface area contributed by atoms with Gasteiger partial charge in [-0.2, -0.15) is 0 Å². The van der Waals surface area contributed by atoms with E-state index >= 15 is 0 Å². The highest BCUT2D eigenvalue weighted by molar-refractivity contribution is 5.68. The third-order valence-corrected chi connectivity index (χ3v) is 8.09. The number of benzene rings is 2. The maximum absolute atomic E-state index is 13.6. The fourth-order valence-electron chi connectivity index (χ4n) is 5.83. The van der Waals surface area contributed by atoms with E-state index in [0.717, 1.165) is 11.1 Å². The number of ether oxygens (including phenoxy) is 3. The minimum Gasteiger partial charge on any atom is -0.445 e. The number of nitrogens with zero attached hydrogens (tertiary/aromatic N) is 10. The van der Waals surface area contributed by atoms with Gasteiger partial charge >= 0.3 is 6.09 Å². The van der Waals surface area contributed by atoms with Gasteiger partial charge in [0.1, 0.15) is 12.7 Å². The molecule has 4 rings (SSSR count). The largest absolute Gasteiger partial charge is 0.445 e. The Kier molecular flexibility index (Phi) is 12.3. The Hall–Kier alpha value is -4.52. The summed E-state index contributed by atoms with van der Waals surface area (Å²) in [5, 5.41) is 32.6. The summed E-state index contributed by atoms with van der Waals surface area (Å²) in [6, 6.07) is 15.4. The molecule has 16 nitrogen and oxygen atoms in total. The van der Waals surface area contributed by atoms with Gasteiger partial charge in [-0.1, -0.05) is 82.9 Å². The number of carbonyl (C=O) groups excluding carboxylic acids is 1. The van der Waals surface area contributed by atoms with Gasteiger partial charge in [-0.05, 0) is 53.4 Å². The van der Waals surface area contributed by atoms with Crippen molar-refractivity contribution in [1.82, 2.24) is 4.90 Å². The smallest absolute Gasteiger partial charge is 0.410 e. The zero-order chi connectivity index (χ0) is 32.2. The molecule has 2 aromatic carbocycles. The van der Waals surface area contributed by atoms with Crippen molar-refractivity contribution in [1.29, 1.82) is 0 Å². The van der Waals surface area contributed by atoms with Crippen LogP contribution in [0.15, 0.2) is 76.0 Å². The molecule has 0 spiro atoms. The van der Waals surface area contributed by atoms with Crippen LogP contribution in [0.3, 0.4) is 0 Å². The number of carbonyl (C=O) groups is 1. The summed E-state index contributed by atoms with van der Waals surface area (Å²) in [4.78, 5) is 23.7. The normalized spacial score (nSPS) is 28.3. The average molecular weight is 621 g/mol. The van der Waals surface area contributed by atoms with Crippen molar-refractivity contribution in [3.05, 3.63) is 103 Å². The summed E-state index contributed by atoms with van der Waals surface area (Å²) in [5.41, 5.74) is 29.0. The summed E-state index contributed by atoms with van der Waals surface area (Å²) in [6.45, 7) is 2.24. The molecular formula is C29H36N10O6. The average Bonchev–Trinajstić information content (AvgIpc) is 3.06. The van der Waals surface area contributed by atoms with E-state index in [0.29, 0.717) is 19.3 Å². The quantitative estimate of drug-likeness (QED) is 0.172. The van der Waals surface area contributed by atoms with Gasteiger partial charge in [0.2, 0.25) is 0 Å². The summed E-state index contributed by atoms with van der Waals surface area (Å²) in [6.07, 6.45) is -5.59. The lowest BCUT2D eigenvalue weighted by atomic mass is 9.84. The Labute approximate surface area is 259 Å². The molecule has 1 heterocycles. The van der Waals surface area contributed by atoms with Crippen LogP contribution in [0.1, 0.15) is 43.7 Å². The number of azide groups is 3. The van der Waals surface area contributed by atoms with Crippen molar-refractivity contribution < 1.29 is 29.2 Å². The van der Waals surface area contributed by atoms with Crippen LogP contribution in [-0.2, 0) is 27.4 Å². The van der Waals surface area contributed by atoms with Crippen LogP contribution in [-0.4, -0.2) is 76.1 Å². The summed E-state index contributed by atoms with van der Waals surface area (Å²) in [7, 11) is 0. The monoisotopic (exact) mass is 620 g/mol. The van der Waals surface area contributed by atoms with Gasteiger partial charge in [-0.25, -0.2) is 4.79 Å². The Morgan fingerprint density at radius 1 is 0.911 bits per heavy atom.